The van der Waals surface area contributed by atoms with Crippen molar-refractivity contribution in [3.05, 3.63) is 5.15 Å². The molecule has 1 fully saturated rings. The van der Waals surface area contributed by atoms with Gasteiger partial charge in [-0.2, -0.15) is 0 Å². The van der Waals surface area contributed by atoms with E-state index in [1.165, 1.54) is 11.8 Å². The van der Waals surface area contributed by atoms with Crippen LogP contribution in [-0.2, 0) is 4.74 Å². The SMILES string of the molecule is CCCSc1nc(Cl)c(N)c(N[C@@H]2C[C@H](O)C[C@H]2OC(C)(C)O)n1. The molecule has 1 aromatic rings. The number of nitrogens with two attached hydrogens (primary N) is 1. The van der Waals surface area contributed by atoms with E-state index in [-0.39, 0.29) is 23.0 Å². The van der Waals surface area contributed by atoms with Crippen LogP contribution in [0.15, 0.2) is 5.16 Å². The summed E-state index contributed by atoms with van der Waals surface area (Å²) in [5.74, 6) is 0.0230. The third kappa shape index (κ3) is 5.35. The molecular weight excluding hydrogens is 352 g/mol. The zero-order valence-electron chi connectivity index (χ0n) is 14.1. The Morgan fingerprint density at radius 3 is 2.75 bits per heavy atom. The maximum absolute atomic E-state index is 9.94. The molecule has 0 aromatic carbocycles. The third-order valence-electron chi connectivity index (χ3n) is 3.55. The number of nitrogens with one attached hydrogen (secondary N) is 1. The lowest BCUT2D eigenvalue weighted by Crippen LogP contribution is -2.38. The molecule has 24 heavy (non-hydrogen) atoms. The molecule has 0 unspecified atom stereocenters. The molecule has 0 aliphatic heterocycles. The smallest absolute Gasteiger partial charge is 0.191 e. The van der Waals surface area contributed by atoms with Gasteiger partial charge in [-0.15, -0.1) is 0 Å². The molecule has 0 amide bonds. The van der Waals surface area contributed by atoms with Crippen LogP contribution in [0.1, 0.15) is 40.0 Å². The van der Waals surface area contributed by atoms with E-state index in [1.54, 1.807) is 13.8 Å². The van der Waals surface area contributed by atoms with Crippen LogP contribution in [-0.4, -0.2) is 50.0 Å². The van der Waals surface area contributed by atoms with Gasteiger partial charge >= 0.3 is 0 Å². The Hall–Kier alpha value is -0.800. The van der Waals surface area contributed by atoms with Crippen molar-refractivity contribution in [1.82, 2.24) is 9.97 Å². The molecule has 0 radical (unpaired) electrons. The topological polar surface area (TPSA) is 114 Å². The number of nitrogen functional groups attached to an aromatic ring is 1. The highest BCUT2D eigenvalue weighted by Gasteiger charge is 2.37. The molecule has 2 rings (SSSR count). The van der Waals surface area contributed by atoms with Crippen LogP contribution in [0.2, 0.25) is 5.15 Å². The van der Waals surface area contributed by atoms with Crippen LogP contribution in [0.3, 0.4) is 0 Å². The summed E-state index contributed by atoms with van der Waals surface area (Å²) in [6.07, 6.45) is 1.02. The van der Waals surface area contributed by atoms with Gasteiger partial charge in [-0.3, -0.25) is 0 Å². The number of hydrogen-bond acceptors (Lipinski definition) is 8. The number of ether oxygens (including phenoxy) is 1. The predicted molar refractivity (Wildman–Crippen MR) is 96.3 cm³/mol. The van der Waals surface area contributed by atoms with Gasteiger partial charge in [0.15, 0.2) is 21.9 Å². The van der Waals surface area contributed by atoms with Gasteiger partial charge in [0, 0.05) is 12.2 Å². The summed E-state index contributed by atoms with van der Waals surface area (Å²) < 4.78 is 5.63. The first-order valence-electron chi connectivity index (χ1n) is 8.00. The maximum Gasteiger partial charge on any atom is 0.191 e. The van der Waals surface area contributed by atoms with Crippen molar-refractivity contribution in [2.45, 2.75) is 69.2 Å². The van der Waals surface area contributed by atoms with Crippen LogP contribution in [0.5, 0.6) is 0 Å². The van der Waals surface area contributed by atoms with E-state index in [1.807, 2.05) is 0 Å². The first-order valence-corrected chi connectivity index (χ1v) is 9.36. The summed E-state index contributed by atoms with van der Waals surface area (Å²) in [6.45, 7) is 5.19. The van der Waals surface area contributed by atoms with Crippen molar-refractivity contribution in [2.75, 3.05) is 16.8 Å². The first-order chi connectivity index (χ1) is 11.2. The maximum atomic E-state index is 9.94. The summed E-state index contributed by atoms with van der Waals surface area (Å²) in [7, 11) is 0. The highest BCUT2D eigenvalue weighted by atomic mass is 35.5. The average molecular weight is 377 g/mol. The number of aliphatic hydroxyl groups is 2. The van der Waals surface area contributed by atoms with Gasteiger partial charge in [-0.05, 0) is 26.7 Å². The van der Waals surface area contributed by atoms with E-state index in [0.29, 0.717) is 23.8 Å². The van der Waals surface area contributed by atoms with Gasteiger partial charge in [0.2, 0.25) is 0 Å². The van der Waals surface area contributed by atoms with E-state index < -0.39 is 11.9 Å². The molecule has 0 bridgehead atoms. The highest BCUT2D eigenvalue weighted by Crippen LogP contribution is 2.32. The minimum Gasteiger partial charge on any atom is -0.393 e. The molecule has 1 aliphatic carbocycles. The minimum absolute atomic E-state index is 0.199. The average Bonchev–Trinajstić information content (AvgIpc) is 2.79. The monoisotopic (exact) mass is 376 g/mol. The summed E-state index contributed by atoms with van der Waals surface area (Å²) in [6, 6.07) is -0.233. The van der Waals surface area contributed by atoms with Crippen LogP contribution < -0.4 is 11.1 Å². The quantitative estimate of drug-likeness (QED) is 0.248. The lowest BCUT2D eigenvalue weighted by molar-refractivity contribution is -0.206. The standard InChI is InChI=1S/C15H25ClN4O3S/c1-4-5-24-14-19-12(16)11(17)13(20-14)18-9-6-8(21)7-10(9)23-15(2,3)22/h8-10,21-22H,4-7,17H2,1-3H3,(H,18,19,20)/t8-,9+,10+/m0/s1. The second-order valence-electron chi connectivity index (χ2n) is 6.39. The van der Waals surface area contributed by atoms with Gasteiger partial charge in [0.1, 0.15) is 5.69 Å². The second-order valence-corrected chi connectivity index (χ2v) is 7.81. The molecule has 0 saturated heterocycles. The van der Waals surface area contributed by atoms with Gasteiger partial charge in [0.25, 0.3) is 0 Å². The summed E-state index contributed by atoms with van der Waals surface area (Å²) in [4.78, 5) is 8.59. The lowest BCUT2D eigenvalue weighted by Gasteiger charge is -2.28. The lowest BCUT2D eigenvalue weighted by atomic mass is 10.2. The van der Waals surface area contributed by atoms with Gasteiger partial charge in [0.05, 0.1) is 18.2 Å². The number of thioether (sulfide) groups is 1. The van der Waals surface area contributed by atoms with Crippen molar-refractivity contribution < 1.29 is 14.9 Å². The van der Waals surface area contributed by atoms with Crippen molar-refractivity contribution in [3.63, 3.8) is 0 Å². The van der Waals surface area contributed by atoms with Crippen molar-refractivity contribution >= 4 is 34.9 Å². The normalized spacial score (nSPS) is 24.3. The molecule has 1 aromatic heterocycles. The van der Waals surface area contributed by atoms with Crippen LogP contribution in [0.25, 0.3) is 0 Å². The van der Waals surface area contributed by atoms with E-state index in [4.69, 9.17) is 22.1 Å². The third-order valence-corrected chi connectivity index (χ3v) is 4.90. The fourth-order valence-electron chi connectivity index (χ4n) is 2.59. The number of hydrogen-bond donors (Lipinski definition) is 4. The molecule has 1 heterocycles. The van der Waals surface area contributed by atoms with Crippen molar-refractivity contribution in [1.29, 1.82) is 0 Å². The largest absolute Gasteiger partial charge is 0.393 e. The molecule has 1 aliphatic rings. The van der Waals surface area contributed by atoms with Gasteiger partial charge in [-0.1, -0.05) is 30.3 Å². The number of nitrogens with zero attached hydrogens (tertiary/aromatic N) is 2. The molecule has 7 nitrogen and oxygen atoms in total. The van der Waals surface area contributed by atoms with E-state index in [9.17, 15) is 10.2 Å². The molecule has 136 valence electrons. The molecule has 0 spiro atoms. The van der Waals surface area contributed by atoms with Crippen molar-refractivity contribution in [2.24, 2.45) is 0 Å². The van der Waals surface area contributed by atoms with Gasteiger partial charge < -0.3 is 26.0 Å². The number of rotatable bonds is 7. The van der Waals surface area contributed by atoms with Crippen molar-refractivity contribution in [3.8, 4) is 0 Å². The minimum atomic E-state index is -1.29. The molecular formula is C15H25ClN4O3S. The zero-order valence-corrected chi connectivity index (χ0v) is 15.7. The van der Waals surface area contributed by atoms with E-state index in [2.05, 4.69) is 22.2 Å². The number of aliphatic hydroxyl groups excluding tert-OH is 1. The molecule has 9 heteroatoms. The first kappa shape index (κ1) is 19.5. The molecule has 5 N–H and O–H groups in total. The Labute approximate surface area is 151 Å². The predicted octanol–water partition coefficient (Wildman–Crippen LogP) is 2.26. The van der Waals surface area contributed by atoms with Crippen LogP contribution in [0, 0.1) is 0 Å². The van der Waals surface area contributed by atoms with Gasteiger partial charge in [-0.25, -0.2) is 9.97 Å². The zero-order chi connectivity index (χ0) is 17.9. The fraction of sp³-hybridized carbons (Fsp3) is 0.733. The Kier molecular flexibility index (Phi) is 6.55. The second kappa shape index (κ2) is 8.05. The Morgan fingerprint density at radius 2 is 2.12 bits per heavy atom. The Bertz CT molecular complexity index is 570. The molecule has 3 atom stereocenters. The highest BCUT2D eigenvalue weighted by molar-refractivity contribution is 7.99. The fourth-order valence-corrected chi connectivity index (χ4v) is 3.51. The Balaban J connectivity index is 2.17. The van der Waals surface area contributed by atoms with Crippen LogP contribution in [0.4, 0.5) is 11.5 Å². The number of aromatic nitrogens is 2. The van der Waals surface area contributed by atoms with E-state index in [0.717, 1.165) is 12.2 Å². The number of halogens is 1. The van der Waals surface area contributed by atoms with Crippen LogP contribution >= 0.6 is 23.4 Å². The molecule has 1 saturated carbocycles. The summed E-state index contributed by atoms with van der Waals surface area (Å²) in [5.41, 5.74) is 6.25. The number of anilines is 2. The Morgan fingerprint density at radius 1 is 1.42 bits per heavy atom. The van der Waals surface area contributed by atoms with E-state index >= 15 is 0 Å². The summed E-state index contributed by atoms with van der Waals surface area (Å²) in [5, 5.41) is 23.8. The summed E-state index contributed by atoms with van der Waals surface area (Å²) >= 11 is 7.61.